The van der Waals surface area contributed by atoms with E-state index in [2.05, 4.69) is 27.7 Å². The molecule has 0 aromatic rings. The zero-order valence-electron chi connectivity index (χ0n) is 16.6. The maximum Gasteiger partial charge on any atom is 0.536 e. The molecule has 0 aromatic carbocycles. The maximum atomic E-state index is 10.8. The molecule has 0 bridgehead atoms. The molecule has 0 atom stereocenters. The Kier molecular flexibility index (Phi) is 15.7. The Morgan fingerprint density at radius 2 is 1.04 bits per heavy atom. The largest absolute Gasteiger partial charge is 0.725 e. The molecule has 5 nitrogen and oxygen atoms in total. The van der Waals surface area contributed by atoms with Crippen LogP contribution in [0.5, 0.6) is 0 Å². The maximum absolute atomic E-state index is 10.8. The molecular formula is C17H36F3NO4S. The number of nitrogens with zero attached hydrogens (tertiary/aromatic N) is 1. The van der Waals surface area contributed by atoms with Crippen molar-refractivity contribution in [3.63, 3.8) is 0 Å². The Balaban J connectivity index is 0. The van der Waals surface area contributed by atoms with Crippen LogP contribution in [0.15, 0.2) is 0 Å². The highest BCUT2D eigenvalue weighted by molar-refractivity contribution is 7.80. The summed E-state index contributed by atoms with van der Waals surface area (Å²) in [5, 5.41) is 0. The summed E-state index contributed by atoms with van der Waals surface area (Å²) in [6, 6.07) is 0. The van der Waals surface area contributed by atoms with E-state index < -0.39 is 16.8 Å². The number of alkyl halides is 3. The molecule has 9 heteroatoms. The van der Waals surface area contributed by atoms with Crippen LogP contribution in [-0.4, -0.2) is 50.0 Å². The van der Waals surface area contributed by atoms with Crippen molar-refractivity contribution in [2.45, 2.75) is 85.4 Å². The van der Waals surface area contributed by atoms with E-state index in [1.807, 2.05) is 4.18 Å². The predicted octanol–water partition coefficient (Wildman–Crippen LogP) is 4.99. The van der Waals surface area contributed by atoms with Crippen LogP contribution in [0.1, 0.15) is 79.1 Å². The van der Waals surface area contributed by atoms with Crippen molar-refractivity contribution in [1.82, 2.24) is 0 Å². The molecule has 0 N–H and O–H groups in total. The van der Waals surface area contributed by atoms with Crippen molar-refractivity contribution in [2.24, 2.45) is 0 Å². The first-order valence-corrected chi connectivity index (χ1v) is 10.9. The van der Waals surface area contributed by atoms with E-state index in [0.29, 0.717) is 0 Å². The van der Waals surface area contributed by atoms with E-state index in [-0.39, 0.29) is 0 Å². The van der Waals surface area contributed by atoms with Gasteiger partial charge in [-0.3, -0.25) is 0 Å². The van der Waals surface area contributed by atoms with Crippen LogP contribution in [0.2, 0.25) is 0 Å². The molecule has 0 amide bonds. The molecule has 0 fully saturated rings. The minimum Gasteiger partial charge on any atom is -0.725 e. The van der Waals surface area contributed by atoms with Crippen molar-refractivity contribution < 1.29 is 34.8 Å². The SMILES string of the molecule is CCCC[N+](CCCC)(CCCC)CCCC.O=S(=O)([O-])OC(F)(F)F. The summed E-state index contributed by atoms with van der Waals surface area (Å²) in [6.45, 7) is 15.0. The first-order valence-electron chi connectivity index (χ1n) is 9.53. The number of hydrogen-bond acceptors (Lipinski definition) is 4. The van der Waals surface area contributed by atoms with E-state index in [0.717, 1.165) is 0 Å². The normalized spacial score (nSPS) is 12.6. The van der Waals surface area contributed by atoms with Crippen molar-refractivity contribution in [1.29, 1.82) is 0 Å². The number of quaternary nitrogens is 1. The predicted molar refractivity (Wildman–Crippen MR) is 96.2 cm³/mol. The van der Waals surface area contributed by atoms with Gasteiger partial charge < -0.3 is 9.04 Å². The number of unbranched alkanes of at least 4 members (excludes halogenated alkanes) is 4. The van der Waals surface area contributed by atoms with Crippen molar-refractivity contribution >= 4 is 10.4 Å². The second-order valence-corrected chi connectivity index (χ2v) is 7.57. The Bertz CT molecular complexity index is 391. The van der Waals surface area contributed by atoms with Gasteiger partial charge >= 0.3 is 6.36 Å². The third-order valence-electron chi connectivity index (χ3n) is 4.14. The molecule has 0 aliphatic carbocycles. The first-order chi connectivity index (χ1) is 11.9. The molecule has 0 radical (unpaired) electrons. The molecule has 0 aromatic heterocycles. The molecular weight excluding hydrogens is 371 g/mol. The van der Waals surface area contributed by atoms with Gasteiger partial charge in [0, 0.05) is 0 Å². The van der Waals surface area contributed by atoms with Crippen molar-refractivity contribution in [3.8, 4) is 0 Å². The van der Waals surface area contributed by atoms with E-state index in [4.69, 9.17) is 13.0 Å². The van der Waals surface area contributed by atoms with Gasteiger partial charge in [0.1, 0.15) is 0 Å². The highest BCUT2D eigenvalue weighted by Crippen LogP contribution is 2.18. The van der Waals surface area contributed by atoms with E-state index in [1.54, 1.807) is 0 Å². The van der Waals surface area contributed by atoms with Crippen molar-refractivity contribution in [2.75, 3.05) is 26.2 Å². The molecule has 0 aliphatic rings. The van der Waals surface area contributed by atoms with Crippen LogP contribution in [0, 0.1) is 0 Å². The van der Waals surface area contributed by atoms with Crippen molar-refractivity contribution in [3.05, 3.63) is 0 Å². The lowest BCUT2D eigenvalue weighted by molar-refractivity contribution is -0.929. The molecule has 0 saturated carbocycles. The number of rotatable bonds is 13. The first kappa shape index (κ1) is 27.8. The molecule has 160 valence electrons. The van der Waals surface area contributed by atoms with E-state index in [9.17, 15) is 13.2 Å². The molecule has 0 rings (SSSR count). The Morgan fingerprint density at radius 1 is 0.769 bits per heavy atom. The van der Waals surface area contributed by atoms with E-state index >= 15 is 0 Å². The highest BCUT2D eigenvalue weighted by atomic mass is 32.3. The summed E-state index contributed by atoms with van der Waals surface area (Å²) in [5.41, 5.74) is 0. The lowest BCUT2D eigenvalue weighted by Gasteiger charge is -2.39. The standard InChI is InChI=1S/C16H36N.CHF3O4S/c1-5-9-13-17(14-10-6-2,15-11-7-3)16-12-8-4;2-1(3,4)8-9(5,6)7/h5-16H2,1-4H3;(H,5,6,7)/q+1;/p-1. The summed E-state index contributed by atoms with van der Waals surface area (Å²) in [4.78, 5) is 0. The highest BCUT2D eigenvalue weighted by Gasteiger charge is 2.32. The summed E-state index contributed by atoms with van der Waals surface area (Å²) in [6.07, 6.45) is 5.65. The molecule has 0 aliphatic heterocycles. The lowest BCUT2D eigenvalue weighted by Crippen LogP contribution is -2.50. The van der Waals surface area contributed by atoms with Crippen LogP contribution in [-0.2, 0) is 14.6 Å². The smallest absolute Gasteiger partial charge is 0.536 e. The Labute approximate surface area is 157 Å². The minimum absolute atomic E-state index is 1.35. The Hall–Kier alpha value is -0.380. The van der Waals surface area contributed by atoms with Gasteiger partial charge in [-0.1, -0.05) is 53.4 Å². The fourth-order valence-corrected chi connectivity index (χ4v) is 2.99. The summed E-state index contributed by atoms with van der Waals surface area (Å²) in [5.74, 6) is 0. The minimum atomic E-state index is -5.66. The zero-order chi connectivity index (χ0) is 20.7. The second-order valence-electron chi connectivity index (χ2n) is 6.59. The fourth-order valence-electron chi connectivity index (χ4n) is 2.76. The monoisotopic (exact) mass is 407 g/mol. The van der Waals surface area contributed by atoms with E-state index in [1.165, 1.54) is 82.0 Å². The van der Waals surface area contributed by atoms with Gasteiger partial charge in [0.25, 0.3) is 0 Å². The van der Waals surface area contributed by atoms with Crippen LogP contribution < -0.4 is 0 Å². The molecule has 0 spiro atoms. The lowest BCUT2D eigenvalue weighted by atomic mass is 10.1. The summed E-state index contributed by atoms with van der Waals surface area (Å²) in [7, 11) is -5.66. The summed E-state index contributed by atoms with van der Waals surface area (Å²) < 4.78 is 63.2. The van der Waals surface area contributed by atoms with Gasteiger partial charge in [-0.05, 0) is 25.7 Å². The average Bonchev–Trinajstić information content (AvgIpc) is 2.50. The van der Waals surface area contributed by atoms with Gasteiger partial charge in [0.05, 0.1) is 26.2 Å². The van der Waals surface area contributed by atoms with Gasteiger partial charge in [0.15, 0.2) is 0 Å². The van der Waals surface area contributed by atoms with Crippen LogP contribution in [0.25, 0.3) is 0 Å². The average molecular weight is 408 g/mol. The van der Waals surface area contributed by atoms with Gasteiger partial charge in [-0.25, -0.2) is 8.42 Å². The summed E-state index contributed by atoms with van der Waals surface area (Å²) >= 11 is 0. The van der Waals surface area contributed by atoms with Crippen LogP contribution >= 0.6 is 0 Å². The van der Waals surface area contributed by atoms with Crippen LogP contribution in [0.3, 0.4) is 0 Å². The molecule has 0 saturated heterocycles. The van der Waals surface area contributed by atoms with Gasteiger partial charge in [0.2, 0.25) is 10.4 Å². The van der Waals surface area contributed by atoms with Crippen LogP contribution in [0.4, 0.5) is 13.2 Å². The fraction of sp³-hybridized carbons (Fsp3) is 1.00. The molecule has 26 heavy (non-hydrogen) atoms. The third-order valence-corrected chi connectivity index (χ3v) is 4.53. The Morgan fingerprint density at radius 3 is 1.15 bits per heavy atom. The quantitative estimate of drug-likeness (QED) is 0.245. The number of halogens is 3. The molecule has 0 unspecified atom stereocenters. The van der Waals surface area contributed by atoms with Gasteiger partial charge in [-0.15, -0.1) is 13.2 Å². The number of hydrogen-bond donors (Lipinski definition) is 0. The zero-order valence-corrected chi connectivity index (χ0v) is 17.4. The third kappa shape index (κ3) is 18.4. The second kappa shape index (κ2) is 14.6. The molecule has 0 heterocycles. The topological polar surface area (TPSA) is 66.4 Å². The van der Waals surface area contributed by atoms with Gasteiger partial charge in [-0.2, -0.15) is 4.18 Å².